The average Bonchev–Trinajstić information content (AvgIpc) is 2.86. The largest absolute Gasteiger partial charge is 0.383 e. The number of halogens is 2. The predicted octanol–water partition coefficient (Wildman–Crippen LogP) is 9.58. The number of ether oxygens (including phenoxy) is 1. The van der Waals surface area contributed by atoms with Crippen LogP contribution in [0.2, 0.25) is 0 Å². The van der Waals surface area contributed by atoms with Crippen molar-refractivity contribution in [2.75, 3.05) is 6.61 Å². The van der Waals surface area contributed by atoms with Gasteiger partial charge in [0.25, 0.3) is 0 Å². The van der Waals surface area contributed by atoms with Gasteiger partial charge in [0.2, 0.25) is 0 Å². The van der Waals surface area contributed by atoms with Crippen LogP contribution in [0.1, 0.15) is 113 Å². The first-order chi connectivity index (χ1) is 16.5. The predicted molar refractivity (Wildman–Crippen MR) is 139 cm³/mol. The van der Waals surface area contributed by atoms with E-state index in [0.717, 1.165) is 17.9 Å². The molecular formula is C31H44F2O. The molecule has 1 saturated carbocycles. The summed E-state index contributed by atoms with van der Waals surface area (Å²) in [6.45, 7) is 4.46. The molecule has 34 heavy (non-hydrogen) atoms. The Bertz CT molecular complexity index is 804. The second-order valence-corrected chi connectivity index (χ2v) is 10.2. The third-order valence-electron chi connectivity index (χ3n) is 7.55. The molecule has 0 bridgehead atoms. The van der Waals surface area contributed by atoms with Gasteiger partial charge in [-0.3, -0.25) is 0 Å². The second-order valence-electron chi connectivity index (χ2n) is 10.2. The Labute approximate surface area is 206 Å². The van der Waals surface area contributed by atoms with Crippen LogP contribution in [0.3, 0.4) is 0 Å². The van der Waals surface area contributed by atoms with Crippen molar-refractivity contribution in [1.29, 1.82) is 0 Å². The molecule has 0 aromatic heterocycles. The van der Waals surface area contributed by atoms with Crippen molar-refractivity contribution in [3.8, 4) is 0 Å². The molecule has 2 aromatic carbocycles. The molecule has 0 spiro atoms. The summed E-state index contributed by atoms with van der Waals surface area (Å²) in [5.41, 5.74) is 3.51. The maximum Gasteiger partial charge on any atom is 0.383 e. The Balaban J connectivity index is 1.43. The lowest BCUT2D eigenvalue weighted by Gasteiger charge is -2.29. The molecule has 0 amide bonds. The summed E-state index contributed by atoms with van der Waals surface area (Å²) in [6, 6.07) is 15.2. The molecular weight excluding hydrogens is 426 g/mol. The van der Waals surface area contributed by atoms with Crippen LogP contribution in [0.25, 0.3) is 0 Å². The molecule has 1 aliphatic carbocycles. The first-order valence-electron chi connectivity index (χ1n) is 13.7. The maximum atomic E-state index is 14.6. The van der Waals surface area contributed by atoms with Crippen LogP contribution in [-0.4, -0.2) is 6.61 Å². The van der Waals surface area contributed by atoms with Gasteiger partial charge in [-0.05, 0) is 73.5 Å². The summed E-state index contributed by atoms with van der Waals surface area (Å²) in [5.74, 6) is 1.37. The molecule has 0 saturated heterocycles. The van der Waals surface area contributed by atoms with Gasteiger partial charge < -0.3 is 4.74 Å². The number of hydrogen-bond acceptors (Lipinski definition) is 1. The van der Waals surface area contributed by atoms with Crippen LogP contribution < -0.4 is 0 Å². The fraction of sp³-hybridized carbons (Fsp3) is 0.613. The number of unbranched alkanes of at least 4 members (excludes halogenated alkanes) is 4. The first kappa shape index (κ1) is 26.9. The smallest absolute Gasteiger partial charge is 0.316 e. The Morgan fingerprint density at radius 1 is 0.735 bits per heavy atom. The standard InChI is InChI=1S/C31H44F2O/c1-3-5-7-9-25-11-13-27(14-12-25)23-24-34-31(32,33)30-21-19-29(20-22-30)28-17-15-26(16-18-28)10-8-6-4-2/h11-14,19-22,26,28H,3-10,15-18,23-24H2,1-2H3. The van der Waals surface area contributed by atoms with Gasteiger partial charge in [0.1, 0.15) is 0 Å². The minimum atomic E-state index is -3.25. The highest BCUT2D eigenvalue weighted by Crippen LogP contribution is 2.39. The third kappa shape index (κ3) is 8.48. The number of benzene rings is 2. The molecule has 188 valence electrons. The minimum absolute atomic E-state index is 0.00593. The van der Waals surface area contributed by atoms with Crippen molar-refractivity contribution in [1.82, 2.24) is 0 Å². The third-order valence-corrected chi connectivity index (χ3v) is 7.55. The topological polar surface area (TPSA) is 9.23 Å². The number of aryl methyl sites for hydroxylation is 1. The molecule has 1 aliphatic rings. The van der Waals surface area contributed by atoms with E-state index in [0.29, 0.717) is 12.3 Å². The van der Waals surface area contributed by atoms with Gasteiger partial charge in [0, 0.05) is 0 Å². The molecule has 0 radical (unpaired) electrons. The molecule has 0 unspecified atom stereocenters. The molecule has 0 N–H and O–H groups in total. The molecule has 0 atom stereocenters. The van der Waals surface area contributed by atoms with Crippen molar-refractivity contribution in [2.24, 2.45) is 5.92 Å². The highest BCUT2D eigenvalue weighted by molar-refractivity contribution is 5.28. The van der Waals surface area contributed by atoms with Crippen LogP contribution in [0.15, 0.2) is 48.5 Å². The van der Waals surface area contributed by atoms with Gasteiger partial charge in [0.05, 0.1) is 12.2 Å². The van der Waals surface area contributed by atoms with E-state index < -0.39 is 6.11 Å². The van der Waals surface area contributed by atoms with Gasteiger partial charge in [-0.1, -0.05) is 101 Å². The van der Waals surface area contributed by atoms with Crippen molar-refractivity contribution >= 4 is 0 Å². The molecule has 0 aliphatic heterocycles. The van der Waals surface area contributed by atoms with Gasteiger partial charge in [-0.2, -0.15) is 8.78 Å². The van der Waals surface area contributed by atoms with Crippen LogP contribution in [0.5, 0.6) is 0 Å². The van der Waals surface area contributed by atoms with Crippen LogP contribution >= 0.6 is 0 Å². The monoisotopic (exact) mass is 470 g/mol. The highest BCUT2D eigenvalue weighted by Gasteiger charge is 2.33. The summed E-state index contributed by atoms with van der Waals surface area (Å²) in [6.07, 6.45) is 12.2. The van der Waals surface area contributed by atoms with Crippen molar-refractivity contribution in [2.45, 2.75) is 109 Å². The molecule has 2 aromatic rings. The SMILES string of the molecule is CCCCCc1ccc(CCOC(F)(F)c2ccc(C3CCC(CCCCC)CC3)cc2)cc1. The van der Waals surface area contributed by atoms with E-state index in [2.05, 4.69) is 26.0 Å². The van der Waals surface area contributed by atoms with Crippen LogP contribution in [-0.2, 0) is 23.7 Å². The molecule has 3 heteroatoms. The lowest BCUT2D eigenvalue weighted by Crippen LogP contribution is -2.20. The Morgan fingerprint density at radius 2 is 1.32 bits per heavy atom. The van der Waals surface area contributed by atoms with E-state index in [-0.39, 0.29) is 12.2 Å². The summed E-state index contributed by atoms with van der Waals surface area (Å²) in [5, 5.41) is 0. The Kier molecular flexibility index (Phi) is 11.0. The van der Waals surface area contributed by atoms with Gasteiger partial charge in [0.15, 0.2) is 0 Å². The average molecular weight is 471 g/mol. The maximum absolute atomic E-state index is 14.6. The van der Waals surface area contributed by atoms with Crippen molar-refractivity contribution in [3.63, 3.8) is 0 Å². The summed E-state index contributed by atoms with van der Waals surface area (Å²) < 4.78 is 34.3. The Hall–Kier alpha value is -1.74. The van der Waals surface area contributed by atoms with Crippen molar-refractivity contribution in [3.05, 3.63) is 70.8 Å². The summed E-state index contributed by atoms with van der Waals surface area (Å²) >= 11 is 0. The molecule has 1 nitrogen and oxygen atoms in total. The fourth-order valence-electron chi connectivity index (χ4n) is 5.25. The molecule has 3 rings (SSSR count). The van der Waals surface area contributed by atoms with Crippen LogP contribution in [0.4, 0.5) is 8.78 Å². The normalized spacial score (nSPS) is 18.8. The lowest BCUT2D eigenvalue weighted by atomic mass is 9.77. The van der Waals surface area contributed by atoms with E-state index in [1.54, 1.807) is 12.1 Å². The molecule has 0 heterocycles. The van der Waals surface area contributed by atoms with Crippen LogP contribution in [0, 0.1) is 5.92 Å². The molecule has 1 fully saturated rings. The summed E-state index contributed by atoms with van der Waals surface area (Å²) in [4.78, 5) is 0. The fourth-order valence-corrected chi connectivity index (χ4v) is 5.25. The van der Waals surface area contributed by atoms with Crippen molar-refractivity contribution < 1.29 is 13.5 Å². The first-order valence-corrected chi connectivity index (χ1v) is 13.7. The van der Waals surface area contributed by atoms with E-state index in [1.807, 2.05) is 24.3 Å². The number of alkyl halides is 2. The quantitative estimate of drug-likeness (QED) is 0.250. The van der Waals surface area contributed by atoms with Gasteiger partial charge in [-0.15, -0.1) is 0 Å². The minimum Gasteiger partial charge on any atom is -0.316 e. The Morgan fingerprint density at radius 3 is 1.94 bits per heavy atom. The lowest BCUT2D eigenvalue weighted by molar-refractivity contribution is -0.248. The van der Waals surface area contributed by atoms with Gasteiger partial charge in [-0.25, -0.2) is 0 Å². The number of hydrogen-bond donors (Lipinski definition) is 0. The second kappa shape index (κ2) is 14.0. The zero-order chi connectivity index (χ0) is 24.2. The van der Waals surface area contributed by atoms with E-state index >= 15 is 0 Å². The van der Waals surface area contributed by atoms with E-state index in [4.69, 9.17) is 4.74 Å². The van der Waals surface area contributed by atoms with Gasteiger partial charge >= 0.3 is 6.11 Å². The van der Waals surface area contributed by atoms with E-state index in [9.17, 15) is 8.78 Å². The highest BCUT2D eigenvalue weighted by atomic mass is 19.3. The zero-order valence-corrected chi connectivity index (χ0v) is 21.3. The number of rotatable bonds is 14. The van der Waals surface area contributed by atoms with E-state index in [1.165, 1.54) is 81.8 Å². The zero-order valence-electron chi connectivity index (χ0n) is 21.3. The summed E-state index contributed by atoms with van der Waals surface area (Å²) in [7, 11) is 0.